The molecule has 1 aromatic rings. The Hall–Kier alpha value is -1.63. The Labute approximate surface area is 125 Å². The molecule has 0 spiro atoms. The van der Waals surface area contributed by atoms with Crippen LogP contribution in [0.3, 0.4) is 0 Å². The lowest BCUT2D eigenvalue weighted by Gasteiger charge is -2.29. The highest BCUT2D eigenvalue weighted by Crippen LogP contribution is 2.34. The van der Waals surface area contributed by atoms with Crippen LogP contribution >= 0.6 is 0 Å². The van der Waals surface area contributed by atoms with Crippen LogP contribution in [0, 0.1) is 21.4 Å². The fourth-order valence-electron chi connectivity index (χ4n) is 1.68. The third-order valence-electron chi connectivity index (χ3n) is 3.88. The van der Waals surface area contributed by atoms with E-state index in [-0.39, 0.29) is 21.7 Å². The molecule has 0 saturated heterocycles. The first-order valence-electron chi connectivity index (χ1n) is 6.68. The molecular formula is C14H22N2O4S. The van der Waals surface area contributed by atoms with E-state index in [2.05, 4.69) is 33.0 Å². The van der Waals surface area contributed by atoms with Crippen molar-refractivity contribution < 1.29 is 13.3 Å². The molecule has 0 aliphatic carbocycles. The lowest BCUT2D eigenvalue weighted by molar-refractivity contribution is -0.386. The lowest BCUT2D eigenvalue weighted by Crippen LogP contribution is -2.28. The molecule has 0 heterocycles. The van der Waals surface area contributed by atoms with Crippen molar-refractivity contribution in [1.82, 2.24) is 0 Å². The van der Waals surface area contributed by atoms with Crippen LogP contribution in [0.4, 0.5) is 11.4 Å². The molecule has 6 nitrogen and oxygen atoms in total. The van der Waals surface area contributed by atoms with Crippen LogP contribution in [-0.2, 0) is 9.84 Å². The molecule has 1 aromatic carbocycles. The predicted octanol–water partition coefficient (Wildman–Crippen LogP) is 3.09. The molecule has 7 heteroatoms. The zero-order chi connectivity index (χ0) is 16.4. The third kappa shape index (κ3) is 4.17. The molecule has 0 bridgehead atoms. The molecule has 0 aliphatic heterocycles. The van der Waals surface area contributed by atoms with Crippen molar-refractivity contribution in [3.8, 4) is 0 Å². The van der Waals surface area contributed by atoms with E-state index >= 15 is 0 Å². The van der Waals surface area contributed by atoms with E-state index in [4.69, 9.17) is 0 Å². The Morgan fingerprint density at radius 2 is 1.90 bits per heavy atom. The van der Waals surface area contributed by atoms with E-state index in [1.807, 2.05) is 0 Å². The van der Waals surface area contributed by atoms with E-state index in [9.17, 15) is 18.5 Å². The first kappa shape index (κ1) is 17.4. The molecular weight excluding hydrogens is 292 g/mol. The number of nitrogens with one attached hydrogen (secondary N) is 1. The van der Waals surface area contributed by atoms with Crippen LogP contribution in [0.15, 0.2) is 23.1 Å². The van der Waals surface area contributed by atoms with Gasteiger partial charge in [0.25, 0.3) is 0 Å². The smallest absolute Gasteiger partial charge is 0.310 e. The number of nitrogens with zero attached hydrogens (tertiary/aromatic N) is 1. The minimum Gasteiger partial charge on any atom is -0.379 e. The van der Waals surface area contributed by atoms with E-state index in [0.29, 0.717) is 12.5 Å². The minimum atomic E-state index is -3.65. The highest BCUT2D eigenvalue weighted by atomic mass is 32.2. The summed E-state index contributed by atoms with van der Waals surface area (Å²) in [6.07, 6.45) is 0.969. The van der Waals surface area contributed by atoms with Gasteiger partial charge in [-0.3, -0.25) is 10.1 Å². The van der Waals surface area contributed by atoms with E-state index in [1.54, 1.807) is 0 Å². The lowest BCUT2D eigenvalue weighted by atomic mass is 9.81. The fourth-order valence-corrected chi connectivity index (χ4v) is 2.54. The zero-order valence-corrected chi connectivity index (χ0v) is 13.8. The Bertz CT molecular complexity index is 636. The highest BCUT2D eigenvalue weighted by Gasteiger charge is 2.28. The van der Waals surface area contributed by atoms with Gasteiger partial charge < -0.3 is 5.32 Å². The Morgan fingerprint density at radius 3 is 2.33 bits per heavy atom. The van der Waals surface area contributed by atoms with Gasteiger partial charge >= 0.3 is 5.69 Å². The highest BCUT2D eigenvalue weighted by molar-refractivity contribution is 7.90. The summed E-state index contributed by atoms with van der Waals surface area (Å²) in [5.41, 5.74) is -0.231. The van der Waals surface area contributed by atoms with Gasteiger partial charge in [-0.2, -0.15) is 0 Å². The Morgan fingerprint density at radius 1 is 1.33 bits per heavy atom. The van der Waals surface area contributed by atoms with Crippen molar-refractivity contribution in [3.63, 3.8) is 0 Å². The van der Waals surface area contributed by atoms with Crippen molar-refractivity contribution in [1.29, 1.82) is 0 Å². The van der Waals surface area contributed by atoms with Crippen LogP contribution in [-0.4, -0.2) is 26.1 Å². The number of anilines is 1. The molecule has 0 aromatic heterocycles. The summed E-state index contributed by atoms with van der Waals surface area (Å²) in [4.78, 5) is 10.3. The van der Waals surface area contributed by atoms with Gasteiger partial charge in [-0.25, -0.2) is 8.42 Å². The summed E-state index contributed by atoms with van der Waals surface area (Å²) in [5, 5.41) is 14.3. The second-order valence-corrected chi connectivity index (χ2v) is 8.16. The number of benzene rings is 1. The molecule has 1 rings (SSSR count). The molecule has 118 valence electrons. The summed E-state index contributed by atoms with van der Waals surface area (Å²) >= 11 is 0. The number of hydrogen-bond acceptors (Lipinski definition) is 5. The average molecular weight is 314 g/mol. The maximum Gasteiger partial charge on any atom is 0.310 e. The summed E-state index contributed by atoms with van der Waals surface area (Å²) in [5.74, 6) is 0.377. The largest absolute Gasteiger partial charge is 0.379 e. The summed E-state index contributed by atoms with van der Waals surface area (Å²) in [6, 6.07) is 4.30. The Balaban J connectivity index is 3.23. The van der Waals surface area contributed by atoms with E-state index in [0.717, 1.165) is 6.26 Å². The molecule has 0 radical (unpaired) electrons. The van der Waals surface area contributed by atoms with E-state index in [1.165, 1.54) is 18.2 Å². The average Bonchev–Trinajstić information content (AvgIpc) is 2.34. The van der Waals surface area contributed by atoms with Gasteiger partial charge in [0, 0.05) is 12.8 Å². The molecule has 0 saturated carbocycles. The molecule has 0 fully saturated rings. The number of sulfone groups is 1. The number of rotatable bonds is 6. The SMILES string of the molecule is CC(C)C(C)(C)CNc1cccc(S(C)(=O)=O)c1[N+](=O)[O-]. The summed E-state index contributed by atoms with van der Waals surface area (Å²) in [6.45, 7) is 8.76. The van der Waals surface area contributed by atoms with Crippen LogP contribution in [0.2, 0.25) is 0 Å². The number of nitro benzene ring substituents is 1. The van der Waals surface area contributed by atoms with Gasteiger partial charge in [0.15, 0.2) is 9.84 Å². The maximum atomic E-state index is 11.7. The summed E-state index contributed by atoms with van der Waals surface area (Å²) in [7, 11) is -3.65. The Kier molecular flexibility index (Phi) is 4.99. The van der Waals surface area contributed by atoms with Gasteiger partial charge in [0.05, 0.1) is 4.92 Å². The quantitative estimate of drug-likeness (QED) is 0.643. The fraction of sp³-hybridized carbons (Fsp3) is 0.571. The topological polar surface area (TPSA) is 89.3 Å². The van der Waals surface area contributed by atoms with Crippen molar-refractivity contribution in [2.24, 2.45) is 11.3 Å². The first-order valence-corrected chi connectivity index (χ1v) is 8.57. The van der Waals surface area contributed by atoms with Crippen LogP contribution < -0.4 is 5.32 Å². The van der Waals surface area contributed by atoms with Crippen LogP contribution in [0.5, 0.6) is 0 Å². The zero-order valence-electron chi connectivity index (χ0n) is 13.0. The van der Waals surface area contributed by atoms with Crippen LogP contribution in [0.1, 0.15) is 27.7 Å². The molecule has 0 amide bonds. The van der Waals surface area contributed by atoms with Crippen molar-refractivity contribution in [3.05, 3.63) is 28.3 Å². The van der Waals surface area contributed by atoms with Gasteiger partial charge in [-0.05, 0) is 23.5 Å². The van der Waals surface area contributed by atoms with Crippen molar-refractivity contribution in [2.45, 2.75) is 32.6 Å². The molecule has 0 aliphatic rings. The molecule has 1 N–H and O–H groups in total. The van der Waals surface area contributed by atoms with Gasteiger partial charge in [-0.15, -0.1) is 0 Å². The summed E-state index contributed by atoms with van der Waals surface area (Å²) < 4.78 is 23.4. The maximum absolute atomic E-state index is 11.7. The second kappa shape index (κ2) is 6.01. The standard InChI is InChI=1S/C14H22N2O4S/c1-10(2)14(3,4)9-15-11-7-6-8-12(21(5,19)20)13(11)16(17)18/h6-8,10,15H,9H2,1-5H3. The number of para-hydroxylation sites is 1. The molecule has 0 unspecified atom stereocenters. The van der Waals surface area contributed by atoms with Crippen molar-refractivity contribution in [2.75, 3.05) is 18.1 Å². The predicted molar refractivity (Wildman–Crippen MR) is 83.3 cm³/mol. The number of hydrogen-bond donors (Lipinski definition) is 1. The van der Waals surface area contributed by atoms with Gasteiger partial charge in [0.2, 0.25) is 0 Å². The van der Waals surface area contributed by atoms with E-state index < -0.39 is 14.8 Å². The number of nitro groups is 1. The van der Waals surface area contributed by atoms with Gasteiger partial charge in [0.1, 0.15) is 10.6 Å². The van der Waals surface area contributed by atoms with Crippen LogP contribution in [0.25, 0.3) is 0 Å². The van der Waals surface area contributed by atoms with Gasteiger partial charge in [-0.1, -0.05) is 33.8 Å². The second-order valence-electron chi connectivity index (χ2n) is 6.18. The molecule has 21 heavy (non-hydrogen) atoms. The molecule has 0 atom stereocenters. The van der Waals surface area contributed by atoms with Crippen molar-refractivity contribution >= 4 is 21.2 Å². The monoisotopic (exact) mass is 314 g/mol. The minimum absolute atomic E-state index is 0.0744. The normalized spacial score (nSPS) is 12.5. The first-order chi connectivity index (χ1) is 9.47. The third-order valence-corrected chi connectivity index (χ3v) is 5.01.